The molecule has 31 heavy (non-hydrogen) atoms. The van der Waals surface area contributed by atoms with Crippen molar-refractivity contribution < 1.29 is 18.8 Å². The predicted molar refractivity (Wildman–Crippen MR) is 120 cm³/mol. The number of benzene rings is 2. The van der Waals surface area contributed by atoms with Gasteiger partial charge in [-0.3, -0.25) is 4.79 Å². The summed E-state index contributed by atoms with van der Waals surface area (Å²) in [5.41, 5.74) is 1.70. The van der Waals surface area contributed by atoms with Crippen molar-refractivity contribution >= 4 is 17.7 Å². The van der Waals surface area contributed by atoms with Gasteiger partial charge in [-0.2, -0.15) is 4.98 Å². The lowest BCUT2D eigenvalue weighted by molar-refractivity contribution is 0.0951. The molecule has 0 aliphatic rings. The molecule has 0 radical (unpaired) electrons. The lowest BCUT2D eigenvalue weighted by atomic mass is 10.1. The lowest BCUT2D eigenvalue weighted by Gasteiger charge is -2.13. The minimum absolute atomic E-state index is 0.110. The van der Waals surface area contributed by atoms with Gasteiger partial charge in [-0.25, -0.2) is 0 Å². The first-order valence-corrected chi connectivity index (χ1v) is 11.3. The van der Waals surface area contributed by atoms with Crippen molar-refractivity contribution in [2.75, 3.05) is 19.8 Å². The van der Waals surface area contributed by atoms with E-state index in [4.69, 9.17) is 14.0 Å². The minimum Gasteiger partial charge on any atom is -0.490 e. The minimum atomic E-state index is -0.110. The van der Waals surface area contributed by atoms with Gasteiger partial charge in [-0.05, 0) is 57.0 Å². The number of carbonyl (C=O) groups is 1. The summed E-state index contributed by atoms with van der Waals surface area (Å²) in [6, 6.07) is 13.4. The van der Waals surface area contributed by atoms with Crippen LogP contribution in [0.3, 0.4) is 0 Å². The molecule has 0 atom stereocenters. The van der Waals surface area contributed by atoms with Gasteiger partial charge in [-0.15, -0.1) is 11.8 Å². The molecule has 7 nitrogen and oxygen atoms in total. The van der Waals surface area contributed by atoms with E-state index in [2.05, 4.69) is 15.5 Å². The molecule has 1 heterocycles. The van der Waals surface area contributed by atoms with Crippen molar-refractivity contribution in [1.82, 2.24) is 15.5 Å². The summed E-state index contributed by atoms with van der Waals surface area (Å²) < 4.78 is 16.4. The topological polar surface area (TPSA) is 86.5 Å². The summed E-state index contributed by atoms with van der Waals surface area (Å²) in [6.07, 6.45) is 0.689. The maximum absolute atomic E-state index is 12.8. The molecule has 0 bridgehead atoms. The number of rotatable bonds is 11. The maximum atomic E-state index is 12.8. The second-order valence-electron chi connectivity index (χ2n) is 6.67. The number of nitrogens with zero attached hydrogens (tertiary/aromatic N) is 2. The van der Waals surface area contributed by atoms with Crippen LogP contribution in [0, 0.1) is 6.92 Å². The van der Waals surface area contributed by atoms with Crippen LogP contribution in [-0.2, 0) is 12.2 Å². The van der Waals surface area contributed by atoms with E-state index in [1.165, 1.54) is 11.8 Å². The maximum Gasteiger partial charge on any atom is 0.252 e. The van der Waals surface area contributed by atoms with Gasteiger partial charge in [0.1, 0.15) is 0 Å². The number of hydrogen-bond donors (Lipinski definition) is 1. The van der Waals surface area contributed by atoms with Crippen LogP contribution < -0.4 is 14.8 Å². The molecule has 0 saturated heterocycles. The van der Waals surface area contributed by atoms with Crippen LogP contribution >= 0.6 is 11.8 Å². The Morgan fingerprint density at radius 3 is 2.61 bits per heavy atom. The highest BCUT2D eigenvalue weighted by Crippen LogP contribution is 2.29. The Kier molecular flexibility index (Phi) is 8.35. The molecule has 1 aromatic heterocycles. The van der Waals surface area contributed by atoms with Crippen LogP contribution in [0.25, 0.3) is 0 Å². The number of hydrogen-bond acceptors (Lipinski definition) is 7. The van der Waals surface area contributed by atoms with Gasteiger partial charge in [0.2, 0.25) is 5.89 Å². The molecule has 0 saturated carbocycles. The highest BCUT2D eigenvalue weighted by atomic mass is 32.2. The van der Waals surface area contributed by atoms with Gasteiger partial charge in [0, 0.05) is 11.4 Å². The van der Waals surface area contributed by atoms with E-state index in [1.54, 1.807) is 6.92 Å². The molecule has 164 valence electrons. The Labute approximate surface area is 186 Å². The van der Waals surface area contributed by atoms with Crippen LogP contribution in [0.4, 0.5) is 0 Å². The van der Waals surface area contributed by atoms with E-state index in [-0.39, 0.29) is 5.91 Å². The third kappa shape index (κ3) is 6.49. The van der Waals surface area contributed by atoms with Crippen molar-refractivity contribution in [2.45, 2.75) is 37.8 Å². The summed E-state index contributed by atoms with van der Waals surface area (Å²) >= 11 is 1.50. The number of nitrogens with one attached hydrogen (secondary N) is 1. The number of ether oxygens (including phenoxy) is 2. The second kappa shape index (κ2) is 11.4. The number of aromatic nitrogens is 2. The molecule has 3 rings (SSSR count). The zero-order chi connectivity index (χ0) is 22.1. The molecule has 0 fully saturated rings. The molecule has 0 aliphatic heterocycles. The Bertz CT molecular complexity index is 1010. The summed E-state index contributed by atoms with van der Waals surface area (Å²) in [5, 5.41) is 6.80. The smallest absolute Gasteiger partial charge is 0.252 e. The molecule has 8 heteroatoms. The average Bonchev–Trinajstić information content (AvgIpc) is 3.19. The molecular weight excluding hydrogens is 414 g/mol. The van der Waals surface area contributed by atoms with Crippen LogP contribution in [-0.4, -0.2) is 35.8 Å². The monoisotopic (exact) mass is 441 g/mol. The van der Waals surface area contributed by atoms with Crippen LogP contribution in [0.15, 0.2) is 51.9 Å². The fourth-order valence-electron chi connectivity index (χ4n) is 2.98. The van der Waals surface area contributed by atoms with Gasteiger partial charge < -0.3 is 19.3 Å². The average molecular weight is 442 g/mol. The highest BCUT2D eigenvalue weighted by molar-refractivity contribution is 7.98. The third-order valence-electron chi connectivity index (χ3n) is 4.36. The van der Waals surface area contributed by atoms with Gasteiger partial charge in [-0.1, -0.05) is 23.4 Å². The second-order valence-corrected chi connectivity index (χ2v) is 7.69. The fourth-order valence-corrected chi connectivity index (χ4v) is 3.87. The lowest BCUT2D eigenvalue weighted by Crippen LogP contribution is -2.26. The van der Waals surface area contributed by atoms with Crippen molar-refractivity contribution in [2.24, 2.45) is 0 Å². The zero-order valence-corrected chi connectivity index (χ0v) is 18.8. The van der Waals surface area contributed by atoms with Crippen molar-refractivity contribution in [3.63, 3.8) is 0 Å². The first kappa shape index (κ1) is 22.7. The number of aryl methyl sites for hydroxylation is 1. The van der Waals surface area contributed by atoms with Crippen LogP contribution in [0.5, 0.6) is 11.5 Å². The summed E-state index contributed by atoms with van der Waals surface area (Å²) in [4.78, 5) is 17.8. The summed E-state index contributed by atoms with van der Waals surface area (Å²) in [6.45, 7) is 7.33. The number of amides is 1. The molecule has 2 aromatic carbocycles. The highest BCUT2D eigenvalue weighted by Gasteiger charge is 2.13. The van der Waals surface area contributed by atoms with Crippen LogP contribution in [0.1, 0.15) is 41.5 Å². The first-order valence-electron chi connectivity index (χ1n) is 10.3. The molecule has 0 unspecified atom stereocenters. The standard InChI is InChI=1S/C23H27N3O4S/c1-4-28-19-11-10-17(14-20(19)29-5-2)12-13-24-23(27)18-8-6-7-9-21(18)31-15-22-25-16(3)26-30-22/h6-11,14H,4-5,12-13,15H2,1-3H3,(H,24,27). The van der Waals surface area contributed by atoms with E-state index in [1.807, 2.05) is 56.3 Å². The van der Waals surface area contributed by atoms with Crippen LogP contribution in [0.2, 0.25) is 0 Å². The number of thioether (sulfide) groups is 1. The molecule has 3 aromatic rings. The Morgan fingerprint density at radius 1 is 1.10 bits per heavy atom. The van der Waals surface area contributed by atoms with E-state index < -0.39 is 0 Å². The molecule has 1 N–H and O–H groups in total. The predicted octanol–water partition coefficient (Wildman–Crippen LogP) is 4.44. The largest absolute Gasteiger partial charge is 0.490 e. The molecule has 0 aliphatic carbocycles. The summed E-state index contributed by atoms with van der Waals surface area (Å²) in [5.74, 6) is 3.01. The van der Waals surface area contributed by atoms with Crippen molar-refractivity contribution in [1.29, 1.82) is 0 Å². The Morgan fingerprint density at radius 2 is 1.87 bits per heavy atom. The van der Waals surface area contributed by atoms with E-state index in [0.717, 1.165) is 22.0 Å². The van der Waals surface area contributed by atoms with Gasteiger partial charge >= 0.3 is 0 Å². The van der Waals surface area contributed by atoms with Crippen molar-refractivity contribution in [3.8, 4) is 11.5 Å². The molecule has 0 spiro atoms. The molecular formula is C23H27N3O4S. The van der Waals surface area contributed by atoms with Crippen molar-refractivity contribution in [3.05, 3.63) is 65.3 Å². The van der Waals surface area contributed by atoms with E-state index >= 15 is 0 Å². The quantitative estimate of drug-likeness (QED) is 0.440. The van der Waals surface area contributed by atoms with Gasteiger partial charge in [0.05, 0.1) is 24.5 Å². The zero-order valence-electron chi connectivity index (χ0n) is 18.0. The van der Waals surface area contributed by atoms with Gasteiger partial charge in [0.25, 0.3) is 5.91 Å². The summed E-state index contributed by atoms with van der Waals surface area (Å²) in [7, 11) is 0. The SMILES string of the molecule is CCOc1ccc(CCNC(=O)c2ccccc2SCc2nc(C)no2)cc1OCC. The van der Waals surface area contributed by atoms with E-state index in [9.17, 15) is 4.79 Å². The van der Waals surface area contributed by atoms with Gasteiger partial charge in [0.15, 0.2) is 17.3 Å². The number of carbonyl (C=O) groups excluding carboxylic acids is 1. The third-order valence-corrected chi connectivity index (χ3v) is 5.42. The first-order chi connectivity index (χ1) is 15.1. The Hall–Kier alpha value is -3.00. The fraction of sp³-hybridized carbons (Fsp3) is 0.348. The van der Waals surface area contributed by atoms with E-state index in [0.29, 0.717) is 49.2 Å². The molecule has 1 amide bonds. The Balaban J connectivity index is 1.58. The normalized spacial score (nSPS) is 10.7.